The van der Waals surface area contributed by atoms with Gasteiger partial charge in [0.15, 0.2) is 0 Å². The second kappa shape index (κ2) is 12.7. The van der Waals surface area contributed by atoms with E-state index in [1.165, 1.54) is 5.56 Å². The van der Waals surface area contributed by atoms with Crippen LogP contribution in [0.3, 0.4) is 0 Å². The predicted octanol–water partition coefficient (Wildman–Crippen LogP) is 3.74. The number of benzene rings is 1. The van der Waals surface area contributed by atoms with Crippen molar-refractivity contribution in [3.63, 3.8) is 0 Å². The Kier molecular flexibility index (Phi) is 12.7. The maximum atomic E-state index is 9.82. The van der Waals surface area contributed by atoms with Crippen LogP contribution in [0.1, 0.15) is 12.5 Å². The predicted molar refractivity (Wildman–Crippen MR) is 80.9 cm³/mol. The third kappa shape index (κ3) is 13.7. The van der Waals surface area contributed by atoms with E-state index in [-0.39, 0.29) is 0 Å². The third-order valence-corrected chi connectivity index (χ3v) is 1.62. The Morgan fingerprint density at radius 2 is 1.50 bits per heavy atom. The molecule has 2 heteroatoms. The number of hydrogen-bond acceptors (Lipinski definition) is 1. The summed E-state index contributed by atoms with van der Waals surface area (Å²) in [4.78, 5) is 9.82. The maximum absolute atomic E-state index is 9.82. The molecule has 0 atom stereocenters. The molecule has 0 aromatic heterocycles. The molecule has 2 nitrogen and oxygen atoms in total. The summed E-state index contributed by atoms with van der Waals surface area (Å²) < 4.78 is 0. The number of hydrogen-bond donors (Lipinski definition) is 1. The second-order valence-electron chi connectivity index (χ2n) is 3.23. The molecule has 2 N–H and O–H groups in total. The minimum atomic E-state index is -0.435. The highest BCUT2D eigenvalue weighted by Gasteiger charge is 1.86. The Morgan fingerprint density at radius 1 is 1.11 bits per heavy atom. The number of carbonyl (C=O) groups excluding carboxylic acids is 1. The quantitative estimate of drug-likeness (QED) is 0.638. The molecule has 0 fully saturated rings. The lowest BCUT2D eigenvalue weighted by Gasteiger charge is -1.85. The first-order valence-corrected chi connectivity index (χ1v) is 5.35. The molecule has 0 aliphatic rings. The van der Waals surface area contributed by atoms with Crippen molar-refractivity contribution in [2.45, 2.75) is 6.92 Å². The first-order chi connectivity index (χ1) is 8.49. The number of primary amides is 1. The standard InChI is InChI=1S/C8H8.C4H7NO.C4H6/c1-2-8-6-4-3-5-7-8;1-3(2)4(5)6;1-3-4-2/h2-7H,1H2;1H2,2H3,(H2,5,6);3-4H,1-2H2. The summed E-state index contributed by atoms with van der Waals surface area (Å²) in [5.41, 5.74) is 6.27. The molecule has 96 valence electrons. The van der Waals surface area contributed by atoms with E-state index in [4.69, 9.17) is 5.73 Å². The van der Waals surface area contributed by atoms with Gasteiger partial charge >= 0.3 is 0 Å². The van der Waals surface area contributed by atoms with Crippen molar-refractivity contribution in [1.82, 2.24) is 0 Å². The van der Waals surface area contributed by atoms with Gasteiger partial charge in [-0.3, -0.25) is 4.79 Å². The lowest BCUT2D eigenvalue weighted by Crippen LogP contribution is -2.10. The monoisotopic (exact) mass is 243 g/mol. The summed E-state index contributed by atoms with van der Waals surface area (Å²) in [6, 6.07) is 10.0. The molecule has 0 aliphatic carbocycles. The summed E-state index contributed by atoms with van der Waals surface area (Å²) >= 11 is 0. The van der Waals surface area contributed by atoms with Crippen LogP contribution in [-0.2, 0) is 4.79 Å². The molecule has 1 amide bonds. The molecular weight excluding hydrogens is 222 g/mol. The first kappa shape index (κ1) is 18.0. The van der Waals surface area contributed by atoms with Gasteiger partial charge in [0.05, 0.1) is 0 Å². The maximum Gasteiger partial charge on any atom is 0.243 e. The molecule has 0 radical (unpaired) electrons. The molecule has 0 aliphatic heterocycles. The Bertz CT molecular complexity index is 373. The van der Waals surface area contributed by atoms with E-state index in [1.807, 2.05) is 36.4 Å². The van der Waals surface area contributed by atoms with Gasteiger partial charge in [-0.15, -0.1) is 0 Å². The van der Waals surface area contributed by atoms with Crippen molar-refractivity contribution in [3.8, 4) is 0 Å². The van der Waals surface area contributed by atoms with Crippen molar-refractivity contribution in [3.05, 3.63) is 79.9 Å². The number of rotatable bonds is 3. The molecule has 1 aromatic rings. The Hall–Kier alpha value is -2.35. The average Bonchev–Trinajstić information content (AvgIpc) is 2.40. The molecule has 0 heterocycles. The number of nitrogens with two attached hydrogens (primary N) is 1. The zero-order valence-electron chi connectivity index (χ0n) is 10.9. The minimum Gasteiger partial charge on any atom is -0.366 e. The molecule has 0 saturated carbocycles. The molecule has 18 heavy (non-hydrogen) atoms. The fourth-order valence-corrected chi connectivity index (χ4v) is 0.589. The highest BCUT2D eigenvalue weighted by atomic mass is 16.1. The third-order valence-electron chi connectivity index (χ3n) is 1.62. The largest absolute Gasteiger partial charge is 0.366 e. The zero-order valence-corrected chi connectivity index (χ0v) is 10.9. The summed E-state index contributed by atoms with van der Waals surface area (Å²) in [5.74, 6) is -0.435. The van der Waals surface area contributed by atoms with Crippen LogP contribution < -0.4 is 5.73 Å². The molecule has 0 unspecified atom stereocenters. The molecule has 0 bridgehead atoms. The van der Waals surface area contributed by atoms with Crippen molar-refractivity contribution >= 4 is 12.0 Å². The molecule has 1 aromatic carbocycles. The van der Waals surface area contributed by atoms with Crippen LogP contribution in [0.15, 0.2) is 74.4 Å². The summed E-state index contributed by atoms with van der Waals surface area (Å²) in [6.45, 7) is 15.2. The molecule has 0 spiro atoms. The number of allylic oxidation sites excluding steroid dienone is 2. The van der Waals surface area contributed by atoms with Gasteiger partial charge in [0.2, 0.25) is 5.91 Å². The Labute approximate surface area is 110 Å². The van der Waals surface area contributed by atoms with Crippen molar-refractivity contribution in [2.24, 2.45) is 5.73 Å². The highest BCUT2D eigenvalue weighted by Crippen LogP contribution is 1.97. The normalized spacial score (nSPS) is 7.39. The van der Waals surface area contributed by atoms with Gasteiger partial charge in [0, 0.05) is 5.57 Å². The van der Waals surface area contributed by atoms with E-state index in [2.05, 4.69) is 26.3 Å². The zero-order chi connectivity index (χ0) is 14.4. The van der Waals surface area contributed by atoms with Crippen molar-refractivity contribution < 1.29 is 4.79 Å². The number of amides is 1. The van der Waals surface area contributed by atoms with Gasteiger partial charge in [0.25, 0.3) is 0 Å². The number of carbonyl (C=O) groups is 1. The molecule has 1 rings (SSSR count). The summed E-state index contributed by atoms with van der Waals surface area (Å²) in [5, 5.41) is 0. The van der Waals surface area contributed by atoms with E-state index in [0.29, 0.717) is 5.57 Å². The Balaban J connectivity index is 0. The first-order valence-electron chi connectivity index (χ1n) is 5.35. The van der Waals surface area contributed by atoms with Gasteiger partial charge in [-0.1, -0.05) is 74.9 Å². The summed E-state index contributed by atoms with van der Waals surface area (Å²) in [7, 11) is 0. The van der Waals surface area contributed by atoms with Crippen molar-refractivity contribution in [2.75, 3.05) is 0 Å². The van der Waals surface area contributed by atoms with Crippen LogP contribution in [0.5, 0.6) is 0 Å². The van der Waals surface area contributed by atoms with Gasteiger partial charge < -0.3 is 5.73 Å². The summed E-state index contributed by atoms with van der Waals surface area (Å²) in [6.07, 6.45) is 5.11. The lowest BCUT2D eigenvalue weighted by molar-refractivity contribution is -0.114. The van der Waals surface area contributed by atoms with Gasteiger partial charge in [0.1, 0.15) is 0 Å². The lowest BCUT2D eigenvalue weighted by atomic mass is 10.2. The average molecular weight is 243 g/mol. The van der Waals surface area contributed by atoms with Crippen LogP contribution in [0.4, 0.5) is 0 Å². The Morgan fingerprint density at radius 3 is 1.67 bits per heavy atom. The van der Waals surface area contributed by atoms with Crippen LogP contribution in [-0.4, -0.2) is 5.91 Å². The molecular formula is C16H21NO. The van der Waals surface area contributed by atoms with Crippen LogP contribution in [0.25, 0.3) is 6.08 Å². The van der Waals surface area contributed by atoms with E-state index in [1.54, 1.807) is 19.1 Å². The highest BCUT2D eigenvalue weighted by molar-refractivity contribution is 5.90. The van der Waals surface area contributed by atoms with E-state index in [0.717, 1.165) is 0 Å². The minimum absolute atomic E-state index is 0.398. The van der Waals surface area contributed by atoms with Crippen LogP contribution in [0, 0.1) is 0 Å². The van der Waals surface area contributed by atoms with Gasteiger partial charge in [-0.05, 0) is 12.5 Å². The SMILES string of the molecule is C=C(C)C(N)=O.C=CC=C.C=Cc1ccccc1. The molecule has 0 saturated heterocycles. The van der Waals surface area contributed by atoms with Crippen LogP contribution in [0.2, 0.25) is 0 Å². The fourth-order valence-electron chi connectivity index (χ4n) is 0.589. The second-order valence-corrected chi connectivity index (χ2v) is 3.23. The van der Waals surface area contributed by atoms with E-state index < -0.39 is 5.91 Å². The smallest absolute Gasteiger partial charge is 0.243 e. The van der Waals surface area contributed by atoms with Crippen LogP contribution >= 0.6 is 0 Å². The fraction of sp³-hybridized carbons (Fsp3) is 0.0625. The topological polar surface area (TPSA) is 43.1 Å². The van der Waals surface area contributed by atoms with Gasteiger partial charge in [-0.2, -0.15) is 0 Å². The van der Waals surface area contributed by atoms with E-state index >= 15 is 0 Å². The van der Waals surface area contributed by atoms with E-state index in [9.17, 15) is 4.79 Å². The van der Waals surface area contributed by atoms with Crippen molar-refractivity contribution in [1.29, 1.82) is 0 Å². The van der Waals surface area contributed by atoms with Gasteiger partial charge in [-0.25, -0.2) is 0 Å².